The van der Waals surface area contributed by atoms with Crippen molar-refractivity contribution in [1.82, 2.24) is 10.2 Å². The van der Waals surface area contributed by atoms with E-state index in [-0.39, 0.29) is 12.0 Å². The lowest BCUT2D eigenvalue weighted by molar-refractivity contribution is -0.114. The van der Waals surface area contributed by atoms with E-state index in [1.165, 1.54) is 0 Å². The van der Waals surface area contributed by atoms with Crippen LogP contribution >= 0.6 is 0 Å². The summed E-state index contributed by atoms with van der Waals surface area (Å²) in [5.41, 5.74) is 0.934. The number of aromatic nitrogens is 2. The van der Waals surface area contributed by atoms with Gasteiger partial charge in [0, 0.05) is 24.9 Å². The predicted molar refractivity (Wildman–Crippen MR) is 91.9 cm³/mol. The van der Waals surface area contributed by atoms with Gasteiger partial charge in [-0.25, -0.2) is 0 Å². The van der Waals surface area contributed by atoms with Crippen molar-refractivity contribution in [2.45, 2.75) is 18.9 Å². The lowest BCUT2D eigenvalue weighted by Gasteiger charge is -2.22. The molecule has 1 atom stereocenters. The van der Waals surface area contributed by atoms with Crippen LogP contribution in [-0.4, -0.2) is 42.5 Å². The van der Waals surface area contributed by atoms with Crippen LogP contribution in [0.1, 0.15) is 18.4 Å². The topological polar surface area (TPSA) is 67.4 Å². The maximum Gasteiger partial charge on any atom is 0.252 e. The van der Waals surface area contributed by atoms with Crippen molar-refractivity contribution in [3.63, 3.8) is 0 Å². The Bertz CT molecular complexity index is 674. The summed E-state index contributed by atoms with van der Waals surface area (Å²) in [4.78, 5) is 14.3. The summed E-state index contributed by atoms with van der Waals surface area (Å²) in [6, 6.07) is 9.32. The van der Waals surface area contributed by atoms with Crippen molar-refractivity contribution in [2.75, 3.05) is 25.2 Å². The smallest absolute Gasteiger partial charge is 0.252 e. The number of ether oxygens (including phenoxy) is 2. The van der Waals surface area contributed by atoms with E-state index in [1.807, 2.05) is 24.3 Å². The largest absolute Gasteiger partial charge is 0.497 e. The summed E-state index contributed by atoms with van der Waals surface area (Å²) in [7, 11) is 1.63. The molecule has 1 amide bonds. The average Bonchev–Trinajstić information content (AvgIpc) is 3.31. The van der Waals surface area contributed by atoms with Crippen LogP contribution in [0.25, 0.3) is 6.08 Å². The van der Waals surface area contributed by atoms with Crippen molar-refractivity contribution in [2.24, 2.45) is 0 Å². The zero-order chi connectivity index (χ0) is 16.8. The Morgan fingerprint density at radius 1 is 1.42 bits per heavy atom. The molecule has 6 nitrogen and oxygen atoms in total. The van der Waals surface area contributed by atoms with Gasteiger partial charge in [0.25, 0.3) is 5.91 Å². The molecule has 1 aromatic carbocycles. The Morgan fingerprint density at radius 2 is 2.25 bits per heavy atom. The Balaban J connectivity index is 1.71. The van der Waals surface area contributed by atoms with Crippen molar-refractivity contribution >= 4 is 17.8 Å². The van der Waals surface area contributed by atoms with Gasteiger partial charge in [-0.3, -0.25) is 14.8 Å². The summed E-state index contributed by atoms with van der Waals surface area (Å²) in [6.45, 7) is 1.27. The van der Waals surface area contributed by atoms with Gasteiger partial charge in [-0.05, 0) is 36.6 Å². The third kappa shape index (κ3) is 4.02. The highest BCUT2D eigenvalue weighted by Crippen LogP contribution is 2.18. The van der Waals surface area contributed by atoms with Gasteiger partial charge in [0.15, 0.2) is 5.82 Å². The number of anilines is 1. The zero-order valence-corrected chi connectivity index (χ0v) is 13.6. The van der Waals surface area contributed by atoms with Crippen LogP contribution in [0.2, 0.25) is 0 Å². The fourth-order valence-corrected chi connectivity index (χ4v) is 2.66. The van der Waals surface area contributed by atoms with Crippen molar-refractivity contribution < 1.29 is 14.3 Å². The molecule has 0 bridgehead atoms. The van der Waals surface area contributed by atoms with Gasteiger partial charge >= 0.3 is 0 Å². The van der Waals surface area contributed by atoms with Crippen LogP contribution in [0.3, 0.4) is 0 Å². The van der Waals surface area contributed by atoms with Crippen molar-refractivity contribution in [1.29, 1.82) is 0 Å². The minimum atomic E-state index is -0.117. The fourth-order valence-electron chi connectivity index (χ4n) is 2.66. The molecule has 2 heterocycles. The summed E-state index contributed by atoms with van der Waals surface area (Å²) in [6.07, 6.45) is 7.13. The number of methoxy groups -OCH3 is 1. The van der Waals surface area contributed by atoms with E-state index >= 15 is 0 Å². The fraction of sp³-hybridized carbons (Fsp3) is 0.333. The number of carbonyl (C=O) groups is 1. The van der Waals surface area contributed by atoms with E-state index in [0.717, 1.165) is 30.8 Å². The summed E-state index contributed by atoms with van der Waals surface area (Å²) in [5, 5.41) is 6.89. The molecule has 1 aliphatic heterocycles. The standard InChI is InChI=1S/C18H21N3O3/c1-23-15-7-4-14(5-8-15)6-9-18(22)21(17-10-11-19-20-17)13-16-3-2-12-24-16/h4-11,16H,2-3,12-13H2,1H3,(H,19,20)/b9-6+. The zero-order valence-electron chi connectivity index (χ0n) is 13.6. The van der Waals surface area contributed by atoms with E-state index in [0.29, 0.717) is 12.4 Å². The number of H-pyrrole nitrogens is 1. The quantitative estimate of drug-likeness (QED) is 0.828. The molecular weight excluding hydrogens is 306 g/mol. The number of nitrogens with zero attached hydrogens (tertiary/aromatic N) is 2. The van der Waals surface area contributed by atoms with E-state index < -0.39 is 0 Å². The molecule has 0 aliphatic carbocycles. The first-order chi connectivity index (χ1) is 11.8. The molecule has 1 N–H and O–H groups in total. The highest BCUT2D eigenvalue weighted by Gasteiger charge is 2.23. The van der Waals surface area contributed by atoms with E-state index in [1.54, 1.807) is 36.4 Å². The minimum absolute atomic E-state index is 0.0695. The molecule has 1 aliphatic rings. The molecule has 1 fully saturated rings. The monoisotopic (exact) mass is 327 g/mol. The van der Waals surface area contributed by atoms with Crippen LogP contribution in [0, 0.1) is 0 Å². The molecule has 3 rings (SSSR count). The minimum Gasteiger partial charge on any atom is -0.497 e. The predicted octanol–water partition coefficient (Wildman–Crippen LogP) is 2.64. The molecule has 24 heavy (non-hydrogen) atoms. The summed E-state index contributed by atoms with van der Waals surface area (Å²) < 4.78 is 10.8. The first kappa shape index (κ1) is 16.3. The van der Waals surface area contributed by atoms with Gasteiger partial charge in [-0.15, -0.1) is 0 Å². The number of amides is 1. The van der Waals surface area contributed by atoms with E-state index in [2.05, 4.69) is 10.2 Å². The first-order valence-electron chi connectivity index (χ1n) is 8.01. The highest BCUT2D eigenvalue weighted by molar-refractivity contribution is 6.03. The second-order valence-corrected chi connectivity index (χ2v) is 5.62. The van der Waals surface area contributed by atoms with Gasteiger partial charge in [-0.1, -0.05) is 12.1 Å². The average molecular weight is 327 g/mol. The van der Waals surface area contributed by atoms with Crippen LogP contribution in [0.15, 0.2) is 42.6 Å². The molecule has 0 saturated carbocycles. The van der Waals surface area contributed by atoms with Crippen LogP contribution in [-0.2, 0) is 9.53 Å². The Hall–Kier alpha value is -2.60. The SMILES string of the molecule is COc1ccc(/C=C/C(=O)N(CC2CCCO2)c2cc[nH]n2)cc1. The van der Waals surface area contributed by atoms with Gasteiger partial charge in [-0.2, -0.15) is 5.10 Å². The second kappa shape index (κ2) is 7.79. The number of aromatic amines is 1. The van der Waals surface area contributed by atoms with Crippen LogP contribution < -0.4 is 9.64 Å². The number of rotatable bonds is 6. The molecule has 1 unspecified atom stereocenters. The Kier molecular flexibility index (Phi) is 5.28. The first-order valence-corrected chi connectivity index (χ1v) is 8.01. The number of nitrogens with one attached hydrogen (secondary N) is 1. The normalized spacial score (nSPS) is 17.3. The van der Waals surface area contributed by atoms with E-state index in [4.69, 9.17) is 9.47 Å². The molecular formula is C18H21N3O3. The Labute approximate surface area is 141 Å². The number of benzene rings is 1. The molecule has 2 aromatic rings. The van der Waals surface area contributed by atoms with Crippen molar-refractivity contribution in [3.05, 3.63) is 48.2 Å². The van der Waals surface area contributed by atoms with Gasteiger partial charge in [0.1, 0.15) is 5.75 Å². The summed E-state index contributed by atoms with van der Waals surface area (Å²) in [5.74, 6) is 1.28. The second-order valence-electron chi connectivity index (χ2n) is 5.62. The highest BCUT2D eigenvalue weighted by atomic mass is 16.5. The van der Waals surface area contributed by atoms with Gasteiger partial charge in [0.2, 0.25) is 0 Å². The van der Waals surface area contributed by atoms with Crippen LogP contribution in [0.5, 0.6) is 5.75 Å². The van der Waals surface area contributed by atoms with Gasteiger partial charge < -0.3 is 9.47 Å². The van der Waals surface area contributed by atoms with Crippen LogP contribution in [0.4, 0.5) is 5.82 Å². The van der Waals surface area contributed by atoms with Gasteiger partial charge in [0.05, 0.1) is 19.8 Å². The lowest BCUT2D eigenvalue weighted by Crippen LogP contribution is -2.36. The molecule has 6 heteroatoms. The maximum atomic E-state index is 12.6. The van der Waals surface area contributed by atoms with E-state index in [9.17, 15) is 4.79 Å². The molecule has 126 valence electrons. The summed E-state index contributed by atoms with van der Waals surface area (Å²) >= 11 is 0. The molecule has 0 spiro atoms. The third-order valence-electron chi connectivity index (χ3n) is 3.97. The third-order valence-corrected chi connectivity index (χ3v) is 3.97. The number of carbonyl (C=O) groups excluding carboxylic acids is 1. The molecule has 1 saturated heterocycles. The molecule has 1 aromatic heterocycles. The number of hydrogen-bond acceptors (Lipinski definition) is 4. The number of hydrogen-bond donors (Lipinski definition) is 1. The molecule has 0 radical (unpaired) electrons. The maximum absolute atomic E-state index is 12.6. The lowest BCUT2D eigenvalue weighted by atomic mass is 10.2. The Morgan fingerprint density at radius 3 is 2.88 bits per heavy atom. The van der Waals surface area contributed by atoms with Crippen molar-refractivity contribution in [3.8, 4) is 5.75 Å².